The minimum absolute atomic E-state index is 0.234. The number of aliphatic hydroxyl groups is 3. The molecule has 0 aromatic rings. The van der Waals surface area contributed by atoms with Gasteiger partial charge in [-0.05, 0) is 19.8 Å². The lowest BCUT2D eigenvalue weighted by molar-refractivity contribution is -0.266. The molecule has 1 saturated carbocycles. The van der Waals surface area contributed by atoms with Gasteiger partial charge in [0.15, 0.2) is 6.29 Å². The summed E-state index contributed by atoms with van der Waals surface area (Å²) in [5, 5.41) is 31.4. The maximum Gasteiger partial charge on any atom is 0.236 e. The van der Waals surface area contributed by atoms with Crippen molar-refractivity contribution in [3.63, 3.8) is 0 Å². The Morgan fingerprint density at radius 2 is 1.49 bits per heavy atom. The van der Waals surface area contributed by atoms with Crippen molar-refractivity contribution in [2.45, 2.75) is 80.7 Å². The Kier molecular flexibility index (Phi) is 14.4. The average molecular weight is 584 g/mol. The zero-order valence-electron chi connectivity index (χ0n) is 19.8. The third-order valence-corrected chi connectivity index (χ3v) is 5.50. The van der Waals surface area contributed by atoms with Crippen LogP contribution in [0.1, 0.15) is 19.8 Å². The molecule has 0 spiro atoms. The van der Waals surface area contributed by atoms with Crippen molar-refractivity contribution in [2.24, 2.45) is 22.9 Å². The van der Waals surface area contributed by atoms with Gasteiger partial charge in [-0.25, -0.2) is 0 Å². The van der Waals surface area contributed by atoms with Crippen molar-refractivity contribution in [1.29, 1.82) is 0 Å². The summed E-state index contributed by atoms with van der Waals surface area (Å²) in [5.74, 6) is -0.512. The van der Waals surface area contributed by atoms with Gasteiger partial charge in [-0.1, -0.05) is 0 Å². The van der Waals surface area contributed by atoms with E-state index in [1.54, 1.807) is 0 Å². The summed E-state index contributed by atoms with van der Waals surface area (Å²) >= 11 is 0. The van der Waals surface area contributed by atoms with Gasteiger partial charge >= 0.3 is 0 Å². The Morgan fingerprint density at radius 1 is 1.03 bits per heavy atom. The van der Waals surface area contributed by atoms with Gasteiger partial charge in [0.1, 0.15) is 18.3 Å². The molecule has 0 aromatic heterocycles. The normalized spacial score (nSPS) is 35.2. The van der Waals surface area contributed by atoms with Crippen LogP contribution in [0.5, 0.6) is 0 Å². The molecule has 1 heterocycles. The lowest BCUT2D eigenvalue weighted by atomic mass is 9.81. The summed E-state index contributed by atoms with van der Waals surface area (Å²) in [6.07, 6.45) is -5.27. The van der Waals surface area contributed by atoms with Crippen molar-refractivity contribution in [1.82, 2.24) is 4.90 Å². The Morgan fingerprint density at radius 3 is 1.89 bits per heavy atom. The minimum atomic E-state index is -5.17. The fourth-order valence-corrected chi connectivity index (χ4v) is 3.70. The monoisotopic (exact) mass is 583 g/mol. The van der Waals surface area contributed by atoms with Crippen LogP contribution in [0.25, 0.3) is 0 Å². The molecular formula is C16H33N5O14S2-4. The number of aliphatic hydroxyl groups excluding tert-OH is 3. The fraction of sp³-hybridized carbons (Fsp3) is 0.938. The van der Waals surface area contributed by atoms with E-state index < -0.39 is 75.5 Å². The van der Waals surface area contributed by atoms with Crippen molar-refractivity contribution >= 4 is 26.7 Å². The highest BCUT2D eigenvalue weighted by Gasteiger charge is 2.52. The molecule has 10 unspecified atom stereocenters. The van der Waals surface area contributed by atoms with E-state index in [0.29, 0.717) is 12.8 Å². The van der Waals surface area contributed by atoms with Gasteiger partial charge in [-0.2, -0.15) is 0 Å². The topological polar surface area (TPSA) is 364 Å². The van der Waals surface area contributed by atoms with Crippen LogP contribution in [-0.4, -0.2) is 136 Å². The van der Waals surface area contributed by atoms with Crippen molar-refractivity contribution in [3.05, 3.63) is 0 Å². The maximum atomic E-state index is 11.9. The van der Waals surface area contributed by atoms with Crippen LogP contribution in [0, 0.1) is 0 Å². The second kappa shape index (κ2) is 14.9. The Bertz CT molecular complexity index is 877. The lowest BCUT2D eigenvalue weighted by Gasteiger charge is -2.49. The third kappa shape index (κ3) is 13.0. The minimum Gasteiger partial charge on any atom is -0.759 e. The number of carbonyl (C=O) groups excluding carboxylic acids is 1. The summed E-state index contributed by atoms with van der Waals surface area (Å²) in [6.45, 7) is 1.50. The highest BCUT2D eigenvalue weighted by atomic mass is 32.3. The van der Waals surface area contributed by atoms with Crippen molar-refractivity contribution in [2.75, 3.05) is 13.6 Å². The summed E-state index contributed by atoms with van der Waals surface area (Å²) in [7, 11) is -8.96. The van der Waals surface area contributed by atoms with Crippen LogP contribution in [0.4, 0.5) is 0 Å². The van der Waals surface area contributed by atoms with Crippen molar-refractivity contribution < 1.29 is 64.6 Å². The molecule has 1 saturated heterocycles. The summed E-state index contributed by atoms with van der Waals surface area (Å²) in [5.41, 5.74) is 23.3. The lowest BCUT2D eigenvalue weighted by Crippen LogP contribution is -2.72. The molecule has 1 amide bonds. The number of nitrogens with two attached hydrogens (primary N) is 4. The molecule has 37 heavy (non-hydrogen) atoms. The van der Waals surface area contributed by atoms with E-state index in [1.807, 2.05) is 6.92 Å². The molecule has 10 atom stereocenters. The molecule has 1 aliphatic carbocycles. The fourth-order valence-electron chi connectivity index (χ4n) is 3.70. The van der Waals surface area contributed by atoms with Gasteiger partial charge in [0.05, 0.1) is 36.9 Å². The molecule has 1 aliphatic heterocycles. The Hall–Kier alpha value is -1.15. The summed E-state index contributed by atoms with van der Waals surface area (Å²) < 4.78 is 79.8. The van der Waals surface area contributed by atoms with Crippen LogP contribution in [0.2, 0.25) is 0 Å². The molecule has 0 bridgehead atoms. The van der Waals surface area contributed by atoms with E-state index in [2.05, 4.69) is 0 Å². The SMILES string of the molecule is CC(N)C1CCC(N)C(OC2C(N)C(O)C(O)C(N(C)C(=O)CN)C2O)O1.O=S(=O)([O-])[O-].O=S(=O)([O-])[O-]. The first-order valence-corrected chi connectivity index (χ1v) is 13.2. The largest absolute Gasteiger partial charge is 0.759 e. The van der Waals surface area contributed by atoms with E-state index in [9.17, 15) is 20.1 Å². The highest BCUT2D eigenvalue weighted by molar-refractivity contribution is 7.79. The predicted molar refractivity (Wildman–Crippen MR) is 117 cm³/mol. The van der Waals surface area contributed by atoms with Gasteiger partial charge in [-0.3, -0.25) is 21.6 Å². The average Bonchev–Trinajstić information content (AvgIpc) is 2.73. The number of hydrogen-bond acceptors (Lipinski definition) is 18. The molecule has 2 fully saturated rings. The molecule has 222 valence electrons. The number of hydrogen-bond donors (Lipinski definition) is 7. The van der Waals surface area contributed by atoms with E-state index in [0.717, 1.165) is 4.90 Å². The van der Waals surface area contributed by atoms with Gasteiger partial charge in [0.25, 0.3) is 0 Å². The zero-order chi connectivity index (χ0) is 29.5. The molecule has 0 aromatic carbocycles. The van der Waals surface area contributed by atoms with E-state index in [-0.39, 0.29) is 18.7 Å². The van der Waals surface area contributed by atoms with E-state index in [4.69, 9.17) is 67.5 Å². The molecule has 19 nitrogen and oxygen atoms in total. The third-order valence-electron chi connectivity index (χ3n) is 5.50. The second-order valence-electron chi connectivity index (χ2n) is 8.31. The molecular weight excluding hydrogens is 550 g/mol. The first kappa shape index (κ1) is 35.9. The first-order valence-electron chi connectivity index (χ1n) is 10.5. The van der Waals surface area contributed by atoms with Crippen LogP contribution >= 0.6 is 0 Å². The van der Waals surface area contributed by atoms with Gasteiger partial charge in [-0.15, -0.1) is 0 Å². The number of amides is 1. The van der Waals surface area contributed by atoms with Gasteiger partial charge < -0.3 is 70.8 Å². The molecule has 11 N–H and O–H groups in total. The van der Waals surface area contributed by atoms with Crippen LogP contribution in [-0.2, 0) is 35.1 Å². The van der Waals surface area contributed by atoms with Gasteiger partial charge in [0.2, 0.25) is 5.91 Å². The Balaban J connectivity index is 0.00000110. The first-order chi connectivity index (χ1) is 16.6. The van der Waals surface area contributed by atoms with Crippen LogP contribution in [0.3, 0.4) is 0 Å². The highest BCUT2D eigenvalue weighted by Crippen LogP contribution is 2.29. The van der Waals surface area contributed by atoms with Crippen LogP contribution in [0.15, 0.2) is 0 Å². The predicted octanol–water partition coefficient (Wildman–Crippen LogP) is -6.92. The zero-order valence-corrected chi connectivity index (χ0v) is 21.4. The number of likely N-dealkylation sites (N-methyl/N-ethyl adjacent to an activating group) is 1. The summed E-state index contributed by atoms with van der Waals surface area (Å²) in [4.78, 5) is 13.0. The molecule has 2 rings (SSSR count). The van der Waals surface area contributed by atoms with Crippen molar-refractivity contribution in [3.8, 4) is 0 Å². The number of ether oxygens (including phenoxy) is 2. The number of nitrogens with zero attached hydrogens (tertiary/aromatic N) is 1. The molecule has 21 heteroatoms. The standard InChI is InChI=1S/C16H33N5O6.2H2O4S/c1-6(18)8-4-3-7(19)16(26-8)27-15-10(20)12(23)13(24)11(14(15)25)21(2)9(22)5-17;2*1-5(2,3)4/h6-8,10-16,23-25H,3-5,17-20H2,1-2H3;2*(H2,1,2,3,4)/p-4. The smallest absolute Gasteiger partial charge is 0.236 e. The second-order valence-corrected chi connectivity index (χ2v) is 9.94. The molecule has 0 radical (unpaired) electrons. The van der Waals surface area contributed by atoms with Gasteiger partial charge in [0, 0.05) is 33.9 Å². The Labute approximate surface area is 213 Å². The number of rotatable bonds is 5. The quantitative estimate of drug-likeness (QED) is 0.117. The molecule has 2 aliphatic rings. The maximum absolute atomic E-state index is 11.9. The van der Waals surface area contributed by atoms with E-state index >= 15 is 0 Å². The van der Waals surface area contributed by atoms with E-state index in [1.165, 1.54) is 7.05 Å². The van der Waals surface area contributed by atoms with Crippen LogP contribution < -0.4 is 22.9 Å². The number of carbonyl (C=O) groups is 1. The summed E-state index contributed by atoms with van der Waals surface area (Å²) in [6, 6.07) is -2.96.